The second kappa shape index (κ2) is 10.6. The first-order chi connectivity index (χ1) is 16.9. The van der Waals surface area contributed by atoms with Gasteiger partial charge < -0.3 is 26.6 Å². The van der Waals surface area contributed by atoms with E-state index in [-0.39, 0.29) is 18.4 Å². The van der Waals surface area contributed by atoms with Gasteiger partial charge in [0.05, 0.1) is 6.54 Å². The van der Waals surface area contributed by atoms with Crippen molar-refractivity contribution in [2.24, 2.45) is 5.92 Å². The summed E-state index contributed by atoms with van der Waals surface area (Å²) in [7, 11) is 0. The lowest BCUT2D eigenvalue weighted by Gasteiger charge is -2.22. The lowest BCUT2D eigenvalue weighted by Crippen LogP contribution is -2.51. The van der Waals surface area contributed by atoms with Crippen LogP contribution in [0.1, 0.15) is 29.8 Å². The second-order valence-corrected chi connectivity index (χ2v) is 8.51. The van der Waals surface area contributed by atoms with E-state index < -0.39 is 17.9 Å². The first kappa shape index (κ1) is 23.7. The molecule has 2 heterocycles. The lowest BCUT2D eigenvalue weighted by atomic mass is 10.0. The molecular formula is C25H27N7O3. The van der Waals surface area contributed by atoms with Crippen LogP contribution in [-0.4, -0.2) is 40.3 Å². The first-order valence-electron chi connectivity index (χ1n) is 11.3. The number of carbonyl (C=O) groups excluding carboxylic acids is 3. The molecule has 180 valence electrons. The normalized spacial score (nSPS) is 16.8. The Kier molecular flexibility index (Phi) is 7.20. The Morgan fingerprint density at radius 1 is 0.829 bits per heavy atom. The molecule has 10 nitrogen and oxygen atoms in total. The maximum absolute atomic E-state index is 12.9. The summed E-state index contributed by atoms with van der Waals surface area (Å²) in [5.74, 6) is -0.224. The van der Waals surface area contributed by atoms with E-state index in [4.69, 9.17) is 0 Å². The molecule has 0 saturated carbocycles. The smallest absolute Gasteiger partial charge is 0.252 e. The van der Waals surface area contributed by atoms with Crippen LogP contribution in [0.15, 0.2) is 60.9 Å². The SMILES string of the molecule is CC(C)C1NC(=O)c2cccc(c2)Nc2cc(ncn2)Nc2cccc(c2)CNC(=O)CNC1=O. The first-order valence-corrected chi connectivity index (χ1v) is 11.3. The Morgan fingerprint density at radius 2 is 1.51 bits per heavy atom. The standard InChI is InChI=1S/C25H27N7O3/c1-15(2)23-25(35)27-13-22(33)26-12-16-5-3-7-18(9-16)30-20-11-21(29-14-28-20)31-19-8-4-6-17(10-19)24(34)32-23/h3-11,14-15,23H,12-13H2,1-2H3,(H,26,33)(H,27,35)(H,32,34)(H2,28,29,30,31). The molecule has 6 bridgehead atoms. The van der Waals surface area contributed by atoms with E-state index in [1.165, 1.54) is 6.33 Å². The minimum absolute atomic E-state index is 0.184. The van der Waals surface area contributed by atoms with Gasteiger partial charge in [-0.15, -0.1) is 0 Å². The lowest BCUT2D eigenvalue weighted by molar-refractivity contribution is -0.127. The van der Waals surface area contributed by atoms with E-state index in [1.54, 1.807) is 24.3 Å². The fourth-order valence-electron chi connectivity index (χ4n) is 3.59. The van der Waals surface area contributed by atoms with Gasteiger partial charge in [0, 0.05) is 29.5 Å². The summed E-state index contributed by atoms with van der Waals surface area (Å²) >= 11 is 0. The molecule has 0 fully saturated rings. The third-order valence-corrected chi connectivity index (χ3v) is 5.41. The van der Waals surface area contributed by atoms with E-state index in [2.05, 4.69) is 36.6 Å². The Labute approximate surface area is 202 Å². The summed E-state index contributed by atoms with van der Waals surface area (Å²) in [5, 5.41) is 14.6. The van der Waals surface area contributed by atoms with Gasteiger partial charge in [-0.1, -0.05) is 32.0 Å². The fourth-order valence-corrected chi connectivity index (χ4v) is 3.59. The highest BCUT2D eigenvalue weighted by atomic mass is 16.2. The van der Waals surface area contributed by atoms with Gasteiger partial charge in [0.25, 0.3) is 5.91 Å². The van der Waals surface area contributed by atoms with Crippen molar-refractivity contribution in [2.75, 3.05) is 17.2 Å². The Morgan fingerprint density at radius 3 is 2.23 bits per heavy atom. The zero-order chi connectivity index (χ0) is 24.8. The van der Waals surface area contributed by atoms with Gasteiger partial charge in [-0.05, 0) is 41.8 Å². The zero-order valence-corrected chi connectivity index (χ0v) is 19.5. The minimum atomic E-state index is -0.801. The number of nitrogens with one attached hydrogen (secondary N) is 5. The fraction of sp³-hybridized carbons (Fsp3) is 0.240. The maximum Gasteiger partial charge on any atom is 0.252 e. The molecule has 0 radical (unpaired) electrons. The second-order valence-electron chi connectivity index (χ2n) is 8.51. The Hall–Kier alpha value is -4.47. The number of fused-ring (bicyclic) bond motifs is 6. The van der Waals surface area contributed by atoms with Crippen LogP contribution < -0.4 is 26.6 Å². The third-order valence-electron chi connectivity index (χ3n) is 5.41. The zero-order valence-electron chi connectivity index (χ0n) is 19.5. The van der Waals surface area contributed by atoms with Gasteiger partial charge in [0.1, 0.15) is 24.0 Å². The average molecular weight is 474 g/mol. The summed E-state index contributed by atoms with van der Waals surface area (Å²) in [6.45, 7) is 3.75. The summed E-state index contributed by atoms with van der Waals surface area (Å²) < 4.78 is 0. The van der Waals surface area contributed by atoms with E-state index in [0.717, 1.165) is 11.3 Å². The highest BCUT2D eigenvalue weighted by molar-refractivity contribution is 5.98. The van der Waals surface area contributed by atoms with Crippen molar-refractivity contribution in [3.05, 3.63) is 72.1 Å². The number of hydrogen-bond acceptors (Lipinski definition) is 7. The van der Waals surface area contributed by atoms with Crippen molar-refractivity contribution >= 4 is 40.7 Å². The van der Waals surface area contributed by atoms with Crippen molar-refractivity contribution in [2.45, 2.75) is 26.4 Å². The Balaban J connectivity index is 1.65. The molecule has 0 spiro atoms. The van der Waals surface area contributed by atoms with E-state index in [0.29, 0.717) is 29.4 Å². The van der Waals surface area contributed by atoms with Crippen LogP contribution >= 0.6 is 0 Å². The molecule has 5 N–H and O–H groups in total. The number of carbonyl (C=O) groups is 3. The topological polar surface area (TPSA) is 137 Å². The van der Waals surface area contributed by atoms with Crippen LogP contribution in [-0.2, 0) is 16.1 Å². The molecule has 1 unspecified atom stereocenters. The van der Waals surface area contributed by atoms with Crippen molar-refractivity contribution in [3.8, 4) is 0 Å². The summed E-state index contributed by atoms with van der Waals surface area (Å²) in [4.78, 5) is 46.5. The van der Waals surface area contributed by atoms with E-state index in [1.807, 2.05) is 44.2 Å². The van der Waals surface area contributed by atoms with Crippen molar-refractivity contribution in [1.82, 2.24) is 25.9 Å². The summed E-state index contributed by atoms with van der Waals surface area (Å²) in [5.41, 5.74) is 2.70. The van der Waals surface area contributed by atoms with Gasteiger partial charge in [-0.25, -0.2) is 9.97 Å². The molecule has 3 amide bonds. The molecule has 4 rings (SSSR count). The summed E-state index contributed by atoms with van der Waals surface area (Å²) in [6.07, 6.45) is 1.43. The quantitative estimate of drug-likeness (QED) is 0.366. The molecule has 0 saturated heterocycles. The van der Waals surface area contributed by atoms with Gasteiger partial charge in [-0.3, -0.25) is 14.4 Å². The molecule has 1 aromatic heterocycles. The number of amides is 3. The van der Waals surface area contributed by atoms with Crippen LogP contribution in [0, 0.1) is 5.92 Å². The number of aromatic nitrogens is 2. The molecule has 10 heteroatoms. The minimum Gasteiger partial charge on any atom is -0.350 e. The van der Waals surface area contributed by atoms with E-state index >= 15 is 0 Å². The number of hydrogen-bond donors (Lipinski definition) is 5. The molecule has 2 aromatic carbocycles. The molecule has 35 heavy (non-hydrogen) atoms. The number of nitrogens with zero attached hydrogens (tertiary/aromatic N) is 2. The average Bonchev–Trinajstić information content (AvgIpc) is 2.84. The highest BCUT2D eigenvalue weighted by Gasteiger charge is 2.25. The van der Waals surface area contributed by atoms with Crippen LogP contribution in [0.3, 0.4) is 0 Å². The van der Waals surface area contributed by atoms with Crippen LogP contribution in [0.4, 0.5) is 23.0 Å². The van der Waals surface area contributed by atoms with Gasteiger partial charge in [0.2, 0.25) is 11.8 Å². The van der Waals surface area contributed by atoms with Crippen molar-refractivity contribution < 1.29 is 14.4 Å². The Bertz CT molecular complexity index is 1240. The van der Waals surface area contributed by atoms with Gasteiger partial charge in [0.15, 0.2) is 0 Å². The van der Waals surface area contributed by atoms with E-state index in [9.17, 15) is 14.4 Å². The molecule has 1 atom stereocenters. The number of rotatable bonds is 1. The largest absolute Gasteiger partial charge is 0.350 e. The number of benzene rings is 2. The summed E-state index contributed by atoms with van der Waals surface area (Å²) in [6, 6.07) is 15.4. The molecule has 1 aliphatic heterocycles. The van der Waals surface area contributed by atoms with Gasteiger partial charge >= 0.3 is 0 Å². The maximum atomic E-state index is 12.9. The molecule has 1 aliphatic rings. The predicted octanol–water partition coefficient (Wildman–Crippen LogP) is 2.46. The third kappa shape index (κ3) is 6.32. The van der Waals surface area contributed by atoms with Gasteiger partial charge in [-0.2, -0.15) is 0 Å². The van der Waals surface area contributed by atoms with Crippen LogP contribution in [0.5, 0.6) is 0 Å². The van der Waals surface area contributed by atoms with Crippen LogP contribution in [0.2, 0.25) is 0 Å². The molecular weight excluding hydrogens is 446 g/mol. The monoisotopic (exact) mass is 473 g/mol. The molecule has 3 aromatic rings. The highest BCUT2D eigenvalue weighted by Crippen LogP contribution is 2.21. The van der Waals surface area contributed by atoms with Crippen molar-refractivity contribution in [1.29, 1.82) is 0 Å². The van der Waals surface area contributed by atoms with Crippen LogP contribution in [0.25, 0.3) is 0 Å². The van der Waals surface area contributed by atoms with Crippen molar-refractivity contribution in [3.63, 3.8) is 0 Å². The molecule has 0 aliphatic carbocycles. The predicted molar refractivity (Wildman–Crippen MR) is 132 cm³/mol. The number of anilines is 4.